The maximum Gasteiger partial charge on any atom is 0.351 e. The zero-order chi connectivity index (χ0) is 19.7. The fourth-order valence-electron chi connectivity index (χ4n) is 2.91. The minimum atomic E-state index is -0.427. The van der Waals surface area contributed by atoms with E-state index in [1.54, 1.807) is 12.4 Å². The van der Waals surface area contributed by atoms with Crippen molar-refractivity contribution in [3.05, 3.63) is 75.9 Å². The van der Waals surface area contributed by atoms with Crippen LogP contribution in [0.5, 0.6) is 5.75 Å². The van der Waals surface area contributed by atoms with Crippen molar-refractivity contribution in [1.82, 2.24) is 9.55 Å². The van der Waals surface area contributed by atoms with Crippen LogP contribution >= 0.6 is 22.9 Å². The summed E-state index contributed by atoms with van der Waals surface area (Å²) in [6.45, 7) is 2.40. The van der Waals surface area contributed by atoms with Gasteiger partial charge in [0.15, 0.2) is 4.88 Å². The minimum Gasteiger partial charge on any atom is -0.487 e. The second kappa shape index (κ2) is 7.66. The molecule has 4 aromatic rings. The topological polar surface area (TPSA) is 53.4 Å². The third-order valence-electron chi connectivity index (χ3n) is 4.45. The minimum absolute atomic E-state index is 0.368. The smallest absolute Gasteiger partial charge is 0.351 e. The normalized spacial score (nSPS) is 11.0. The average Bonchev–Trinajstić information content (AvgIpc) is 3.30. The van der Waals surface area contributed by atoms with Crippen molar-refractivity contribution in [2.24, 2.45) is 0 Å². The summed E-state index contributed by atoms with van der Waals surface area (Å²) in [5, 5.41) is 1.44. The zero-order valence-electron chi connectivity index (χ0n) is 15.3. The summed E-state index contributed by atoms with van der Waals surface area (Å²) < 4.78 is 12.8. The van der Waals surface area contributed by atoms with E-state index in [0.717, 1.165) is 27.2 Å². The summed E-state index contributed by atoms with van der Waals surface area (Å²) in [5.74, 6) is 0.0643. The van der Waals surface area contributed by atoms with E-state index < -0.39 is 5.97 Å². The molecule has 0 aliphatic heterocycles. The fraction of sp³-hybridized carbons (Fsp3) is 0.143. The first-order valence-electron chi connectivity index (χ1n) is 8.59. The Kier molecular flexibility index (Phi) is 5.07. The van der Waals surface area contributed by atoms with Crippen molar-refractivity contribution < 1.29 is 14.3 Å². The van der Waals surface area contributed by atoms with Gasteiger partial charge in [-0.2, -0.15) is 0 Å². The van der Waals surface area contributed by atoms with E-state index in [-0.39, 0.29) is 0 Å². The van der Waals surface area contributed by atoms with Crippen LogP contribution in [-0.4, -0.2) is 22.6 Å². The van der Waals surface area contributed by atoms with Gasteiger partial charge in [-0.3, -0.25) is 4.57 Å². The van der Waals surface area contributed by atoms with Crippen LogP contribution in [0.2, 0.25) is 5.02 Å². The number of aromatic nitrogens is 2. The number of ether oxygens (including phenoxy) is 2. The van der Waals surface area contributed by atoms with Crippen molar-refractivity contribution in [3.8, 4) is 10.8 Å². The number of halogens is 1. The Morgan fingerprint density at radius 3 is 2.82 bits per heavy atom. The molecule has 2 aromatic carbocycles. The molecule has 0 radical (unpaired) electrons. The Labute approximate surface area is 171 Å². The lowest BCUT2D eigenvalue weighted by atomic mass is 10.1. The molecule has 0 amide bonds. The maximum atomic E-state index is 12.3. The molecule has 0 unspecified atom stereocenters. The molecular formula is C21H17ClN2O3S. The molecule has 0 saturated carbocycles. The number of aryl methyl sites for hydroxylation is 1. The van der Waals surface area contributed by atoms with Crippen LogP contribution < -0.4 is 4.74 Å². The van der Waals surface area contributed by atoms with Gasteiger partial charge in [0, 0.05) is 11.1 Å². The molecule has 0 bridgehead atoms. The number of hydrogen-bond donors (Lipinski definition) is 0. The number of hydrogen-bond acceptors (Lipinski definition) is 5. The zero-order valence-corrected chi connectivity index (χ0v) is 16.9. The highest BCUT2D eigenvalue weighted by Gasteiger charge is 2.20. The lowest BCUT2D eigenvalue weighted by Gasteiger charge is -2.08. The molecule has 0 spiro atoms. The van der Waals surface area contributed by atoms with Gasteiger partial charge >= 0.3 is 5.97 Å². The second-order valence-corrected chi connectivity index (χ2v) is 7.70. The Balaban J connectivity index is 1.71. The lowest BCUT2D eigenvalue weighted by molar-refractivity contribution is 0.0601. The van der Waals surface area contributed by atoms with Crippen molar-refractivity contribution in [2.75, 3.05) is 7.11 Å². The first kappa shape index (κ1) is 18.5. The molecule has 142 valence electrons. The largest absolute Gasteiger partial charge is 0.487 e. The van der Waals surface area contributed by atoms with Crippen molar-refractivity contribution in [3.63, 3.8) is 0 Å². The SMILES string of the molecule is COC(=O)c1sc(-n2cnc3cc(Cl)ccc32)cc1OCc1ccccc1C. The van der Waals surface area contributed by atoms with Crippen LogP contribution in [0.3, 0.4) is 0 Å². The number of carbonyl (C=O) groups excluding carboxylic acids is 1. The molecule has 2 aromatic heterocycles. The number of carbonyl (C=O) groups is 1. The molecule has 7 heteroatoms. The molecular weight excluding hydrogens is 396 g/mol. The molecule has 0 saturated heterocycles. The third-order valence-corrected chi connectivity index (χ3v) is 5.78. The number of nitrogens with zero attached hydrogens (tertiary/aromatic N) is 2. The van der Waals surface area contributed by atoms with Gasteiger partial charge in [0.05, 0.1) is 18.1 Å². The Morgan fingerprint density at radius 2 is 2.04 bits per heavy atom. The van der Waals surface area contributed by atoms with Gasteiger partial charge in [-0.05, 0) is 36.2 Å². The number of fused-ring (bicyclic) bond motifs is 1. The summed E-state index contributed by atoms with van der Waals surface area (Å²) in [7, 11) is 1.36. The molecule has 5 nitrogen and oxygen atoms in total. The Bertz CT molecular complexity index is 1170. The first-order chi connectivity index (χ1) is 13.6. The molecule has 0 aliphatic carbocycles. The van der Waals surface area contributed by atoms with Crippen LogP contribution in [0.15, 0.2) is 54.9 Å². The van der Waals surface area contributed by atoms with E-state index in [4.69, 9.17) is 21.1 Å². The van der Waals surface area contributed by atoms with Gasteiger partial charge in [-0.25, -0.2) is 9.78 Å². The Morgan fingerprint density at radius 1 is 1.21 bits per heavy atom. The van der Waals surface area contributed by atoms with Crippen molar-refractivity contribution in [2.45, 2.75) is 13.5 Å². The van der Waals surface area contributed by atoms with Crippen molar-refractivity contribution in [1.29, 1.82) is 0 Å². The number of methoxy groups -OCH3 is 1. The van der Waals surface area contributed by atoms with E-state index in [9.17, 15) is 4.79 Å². The fourth-order valence-corrected chi connectivity index (χ4v) is 4.08. The molecule has 28 heavy (non-hydrogen) atoms. The molecule has 0 N–H and O–H groups in total. The molecule has 0 atom stereocenters. The van der Waals surface area contributed by atoms with Crippen molar-refractivity contribution >= 4 is 39.9 Å². The summed E-state index contributed by atoms with van der Waals surface area (Å²) in [6.07, 6.45) is 1.71. The first-order valence-corrected chi connectivity index (χ1v) is 9.78. The van der Waals surface area contributed by atoms with Gasteiger partial charge in [-0.1, -0.05) is 35.9 Å². The van der Waals surface area contributed by atoms with E-state index in [2.05, 4.69) is 4.98 Å². The van der Waals surface area contributed by atoms with Crippen LogP contribution in [0.25, 0.3) is 16.0 Å². The van der Waals surface area contributed by atoms with E-state index in [1.165, 1.54) is 18.4 Å². The van der Waals surface area contributed by atoms with Gasteiger partial charge < -0.3 is 9.47 Å². The number of imidazole rings is 1. The Hall–Kier alpha value is -2.83. The van der Waals surface area contributed by atoms with Crippen LogP contribution in [-0.2, 0) is 11.3 Å². The summed E-state index contributed by atoms with van der Waals surface area (Å²) in [5.41, 5.74) is 3.87. The number of rotatable bonds is 5. The predicted octanol–water partition coefficient (Wildman–Crippen LogP) is 5.41. The van der Waals surface area contributed by atoms with Gasteiger partial charge in [0.25, 0.3) is 0 Å². The quantitative estimate of drug-likeness (QED) is 0.411. The third kappa shape index (κ3) is 3.48. The molecule has 0 aliphatic rings. The van der Waals surface area contributed by atoms with Gasteiger partial charge in [0.1, 0.15) is 23.7 Å². The monoisotopic (exact) mass is 412 g/mol. The molecule has 0 fully saturated rings. The molecule has 2 heterocycles. The average molecular weight is 413 g/mol. The van der Waals surface area contributed by atoms with Crippen LogP contribution in [0.4, 0.5) is 0 Å². The highest BCUT2D eigenvalue weighted by molar-refractivity contribution is 7.16. The van der Waals surface area contributed by atoms with Gasteiger partial charge in [0.2, 0.25) is 0 Å². The highest BCUT2D eigenvalue weighted by atomic mass is 35.5. The standard InChI is InChI=1S/C21H17ClN2O3S/c1-13-5-3-4-6-14(13)11-27-18-10-19(28-20(18)21(25)26-2)24-12-23-16-9-15(22)7-8-17(16)24/h3-10,12H,11H2,1-2H3. The maximum absolute atomic E-state index is 12.3. The van der Waals surface area contributed by atoms with E-state index in [1.807, 2.05) is 54.0 Å². The van der Waals surface area contributed by atoms with E-state index in [0.29, 0.717) is 22.3 Å². The van der Waals surface area contributed by atoms with Gasteiger partial charge in [-0.15, -0.1) is 11.3 Å². The summed E-state index contributed by atoms with van der Waals surface area (Å²) in [4.78, 5) is 17.1. The number of thiophene rings is 1. The van der Waals surface area contributed by atoms with E-state index >= 15 is 0 Å². The lowest BCUT2D eigenvalue weighted by Crippen LogP contribution is -2.03. The van der Waals surface area contributed by atoms with Crippen LogP contribution in [0.1, 0.15) is 20.8 Å². The number of benzene rings is 2. The molecule has 4 rings (SSSR count). The number of esters is 1. The highest BCUT2D eigenvalue weighted by Crippen LogP contribution is 2.35. The summed E-state index contributed by atoms with van der Waals surface area (Å²) >= 11 is 7.35. The predicted molar refractivity (Wildman–Crippen MR) is 111 cm³/mol. The van der Waals surface area contributed by atoms with Crippen LogP contribution in [0, 0.1) is 6.92 Å². The summed E-state index contributed by atoms with van der Waals surface area (Å²) in [6, 6.07) is 15.3. The second-order valence-electron chi connectivity index (χ2n) is 6.23.